The summed E-state index contributed by atoms with van der Waals surface area (Å²) in [5.74, 6) is 0. The molecular weight excluding hydrogens is 208 g/mol. The van der Waals surface area contributed by atoms with Crippen molar-refractivity contribution in [3.8, 4) is 6.01 Å². The zero-order valence-corrected chi connectivity index (χ0v) is 7.84. The third-order valence-electron chi connectivity index (χ3n) is 1.79. The fourth-order valence-electron chi connectivity index (χ4n) is 1.11. The van der Waals surface area contributed by atoms with Gasteiger partial charge in [0.15, 0.2) is 0 Å². The van der Waals surface area contributed by atoms with E-state index in [-0.39, 0.29) is 0 Å². The van der Waals surface area contributed by atoms with Crippen molar-refractivity contribution in [3.05, 3.63) is 10.8 Å². The van der Waals surface area contributed by atoms with Gasteiger partial charge in [-0.05, 0) is 28.8 Å². The van der Waals surface area contributed by atoms with Gasteiger partial charge >= 0.3 is 0 Å². The van der Waals surface area contributed by atoms with E-state index < -0.39 is 0 Å². The number of rotatable bonds is 2. The molecular formula is C7H9BrN2O. The van der Waals surface area contributed by atoms with Crippen molar-refractivity contribution in [1.29, 1.82) is 0 Å². The van der Waals surface area contributed by atoms with Crippen molar-refractivity contribution in [3.63, 3.8) is 0 Å². The van der Waals surface area contributed by atoms with Crippen LogP contribution in [-0.4, -0.2) is 16.7 Å². The van der Waals surface area contributed by atoms with Gasteiger partial charge in [-0.25, -0.2) is 0 Å². The summed E-state index contributed by atoms with van der Waals surface area (Å²) in [6, 6.07) is 1.34. The van der Waals surface area contributed by atoms with Crippen LogP contribution in [0.2, 0.25) is 0 Å². The molecule has 1 aliphatic carbocycles. The molecule has 60 valence electrons. The van der Waals surface area contributed by atoms with Crippen molar-refractivity contribution >= 4 is 15.9 Å². The molecule has 4 heteroatoms. The van der Waals surface area contributed by atoms with E-state index >= 15 is 0 Å². The first-order chi connectivity index (χ1) is 5.31. The predicted octanol–water partition coefficient (Wildman–Crippen LogP) is 1.99. The van der Waals surface area contributed by atoms with Gasteiger partial charge in [-0.1, -0.05) is 0 Å². The van der Waals surface area contributed by atoms with Gasteiger partial charge in [0.1, 0.15) is 4.60 Å². The monoisotopic (exact) mass is 216 g/mol. The van der Waals surface area contributed by atoms with Crippen LogP contribution in [0.4, 0.5) is 0 Å². The van der Waals surface area contributed by atoms with Gasteiger partial charge in [0.05, 0.1) is 7.11 Å². The fraction of sp³-hybridized carbons (Fsp3) is 0.571. The average Bonchev–Trinajstić information content (AvgIpc) is 2.75. The maximum atomic E-state index is 5.09. The Labute approximate surface area is 73.5 Å². The number of methoxy groups -OCH3 is 1. The molecule has 0 spiro atoms. The third-order valence-corrected chi connectivity index (χ3v) is 2.17. The highest BCUT2D eigenvalue weighted by molar-refractivity contribution is 9.10. The predicted molar refractivity (Wildman–Crippen MR) is 44.8 cm³/mol. The Bertz CT molecular complexity index is 267. The van der Waals surface area contributed by atoms with E-state index in [1.165, 1.54) is 12.8 Å². The van der Waals surface area contributed by atoms with Crippen molar-refractivity contribution in [2.75, 3.05) is 7.11 Å². The number of imidazole rings is 1. The molecule has 0 bridgehead atoms. The van der Waals surface area contributed by atoms with Gasteiger partial charge in [0.25, 0.3) is 6.01 Å². The van der Waals surface area contributed by atoms with Gasteiger partial charge in [-0.2, -0.15) is 4.98 Å². The number of hydrogen-bond donors (Lipinski definition) is 0. The van der Waals surface area contributed by atoms with Gasteiger partial charge in [0, 0.05) is 12.2 Å². The summed E-state index contributed by atoms with van der Waals surface area (Å²) in [5.41, 5.74) is 0. The first-order valence-corrected chi connectivity index (χ1v) is 4.39. The van der Waals surface area contributed by atoms with E-state index in [9.17, 15) is 0 Å². The second-order valence-corrected chi connectivity index (χ2v) is 3.50. The lowest BCUT2D eigenvalue weighted by Crippen LogP contribution is -1.96. The van der Waals surface area contributed by atoms with Gasteiger partial charge in [0.2, 0.25) is 0 Å². The first-order valence-electron chi connectivity index (χ1n) is 3.59. The lowest BCUT2D eigenvalue weighted by atomic mass is 10.7. The molecule has 1 saturated carbocycles. The quantitative estimate of drug-likeness (QED) is 0.757. The van der Waals surface area contributed by atoms with Crippen LogP contribution in [0.3, 0.4) is 0 Å². The molecule has 11 heavy (non-hydrogen) atoms. The van der Waals surface area contributed by atoms with Crippen LogP contribution in [0.5, 0.6) is 6.01 Å². The van der Waals surface area contributed by atoms with Gasteiger partial charge in [-0.3, -0.25) is 4.57 Å². The van der Waals surface area contributed by atoms with E-state index in [1.807, 2.05) is 6.20 Å². The summed E-state index contributed by atoms with van der Waals surface area (Å²) in [5, 5.41) is 0. The van der Waals surface area contributed by atoms with E-state index in [2.05, 4.69) is 25.5 Å². The molecule has 0 unspecified atom stereocenters. The topological polar surface area (TPSA) is 27.1 Å². The zero-order chi connectivity index (χ0) is 7.84. The zero-order valence-electron chi connectivity index (χ0n) is 6.25. The lowest BCUT2D eigenvalue weighted by molar-refractivity contribution is 0.357. The first kappa shape index (κ1) is 7.16. The minimum Gasteiger partial charge on any atom is -0.468 e. The highest BCUT2D eigenvalue weighted by Crippen LogP contribution is 2.38. The standard InChI is InChI=1S/C7H9BrN2O/c1-11-7-9-6(8)4-10(7)5-2-3-5/h4-5H,2-3H2,1H3. The highest BCUT2D eigenvalue weighted by atomic mass is 79.9. The minimum absolute atomic E-state index is 0.628. The highest BCUT2D eigenvalue weighted by Gasteiger charge is 2.26. The van der Waals surface area contributed by atoms with Crippen LogP contribution in [0.25, 0.3) is 0 Å². The van der Waals surface area contributed by atoms with Crippen molar-refractivity contribution in [1.82, 2.24) is 9.55 Å². The molecule has 0 saturated heterocycles. The summed E-state index contributed by atoms with van der Waals surface area (Å²) >= 11 is 3.31. The number of nitrogens with zero attached hydrogens (tertiary/aromatic N) is 2. The summed E-state index contributed by atoms with van der Waals surface area (Å²) in [6.45, 7) is 0. The maximum absolute atomic E-state index is 5.09. The van der Waals surface area contributed by atoms with Crippen molar-refractivity contribution in [2.24, 2.45) is 0 Å². The summed E-state index contributed by atoms with van der Waals surface area (Å²) in [6.07, 6.45) is 4.47. The van der Waals surface area contributed by atoms with Crippen LogP contribution in [-0.2, 0) is 0 Å². The molecule has 0 radical (unpaired) electrons. The Morgan fingerprint density at radius 3 is 3.00 bits per heavy atom. The smallest absolute Gasteiger partial charge is 0.297 e. The molecule has 0 atom stereocenters. The third kappa shape index (κ3) is 1.27. The summed E-state index contributed by atoms with van der Waals surface area (Å²) < 4.78 is 8.01. The Kier molecular flexibility index (Phi) is 1.64. The van der Waals surface area contributed by atoms with Crippen LogP contribution < -0.4 is 4.74 Å². The normalized spacial score (nSPS) is 16.9. The largest absolute Gasteiger partial charge is 0.468 e. The number of aromatic nitrogens is 2. The number of hydrogen-bond acceptors (Lipinski definition) is 2. The molecule has 0 aromatic carbocycles. The molecule has 2 rings (SSSR count). The molecule has 1 fully saturated rings. The Morgan fingerprint density at radius 1 is 1.73 bits per heavy atom. The average molecular weight is 217 g/mol. The Morgan fingerprint density at radius 2 is 2.45 bits per heavy atom. The second-order valence-electron chi connectivity index (χ2n) is 2.69. The molecule has 0 N–H and O–H groups in total. The lowest BCUT2D eigenvalue weighted by Gasteiger charge is -2.01. The summed E-state index contributed by atoms with van der Waals surface area (Å²) in [4.78, 5) is 4.15. The molecule has 0 amide bonds. The van der Waals surface area contributed by atoms with E-state index in [0.717, 1.165) is 4.60 Å². The van der Waals surface area contributed by atoms with E-state index in [1.54, 1.807) is 7.11 Å². The molecule has 0 aliphatic heterocycles. The molecule has 1 aromatic rings. The van der Waals surface area contributed by atoms with Crippen LogP contribution >= 0.6 is 15.9 Å². The van der Waals surface area contributed by atoms with E-state index in [4.69, 9.17) is 4.74 Å². The minimum atomic E-state index is 0.628. The number of halogens is 1. The molecule has 1 heterocycles. The summed E-state index contributed by atoms with van der Waals surface area (Å²) in [7, 11) is 1.65. The molecule has 1 aromatic heterocycles. The fourth-order valence-corrected chi connectivity index (χ4v) is 1.49. The second kappa shape index (κ2) is 2.52. The Hall–Kier alpha value is -0.510. The van der Waals surface area contributed by atoms with Gasteiger partial charge < -0.3 is 4.74 Å². The van der Waals surface area contributed by atoms with Crippen LogP contribution in [0, 0.1) is 0 Å². The molecule has 3 nitrogen and oxygen atoms in total. The van der Waals surface area contributed by atoms with Gasteiger partial charge in [-0.15, -0.1) is 0 Å². The molecule has 1 aliphatic rings. The Balaban J connectivity index is 2.34. The van der Waals surface area contributed by atoms with Crippen LogP contribution in [0.15, 0.2) is 10.8 Å². The van der Waals surface area contributed by atoms with E-state index in [0.29, 0.717) is 12.1 Å². The number of ether oxygens (including phenoxy) is 1. The van der Waals surface area contributed by atoms with Crippen molar-refractivity contribution < 1.29 is 4.74 Å². The maximum Gasteiger partial charge on any atom is 0.297 e. The van der Waals surface area contributed by atoms with Crippen LogP contribution in [0.1, 0.15) is 18.9 Å². The SMILES string of the molecule is COc1nc(Br)cn1C1CC1. The van der Waals surface area contributed by atoms with Crippen molar-refractivity contribution in [2.45, 2.75) is 18.9 Å².